The topological polar surface area (TPSA) is 12.9 Å². The third-order valence-corrected chi connectivity index (χ3v) is 5.53. The molecule has 0 bridgehead atoms. The molecule has 2 heterocycles. The molecule has 126 valence electrons. The monoisotopic (exact) mass is 405 g/mol. The first kappa shape index (κ1) is 18.2. The van der Waals surface area contributed by atoms with Crippen LogP contribution in [0.1, 0.15) is 5.56 Å². The molecule has 0 saturated heterocycles. The van der Waals surface area contributed by atoms with Gasteiger partial charge in [-0.1, -0.05) is 47.5 Å². The number of nitrogens with zero attached hydrogens (tertiary/aromatic N) is 1. The second-order valence-corrected chi connectivity index (χ2v) is 7.37. The Bertz CT molecular complexity index is 1040. The standard InChI is InChI=1S/C20H13Cl2NS.ClH/c1-12-19(14-5-2-3-6-16(14)22)15-11-13(21)8-9-17(15)23-20(12)18-7-4-10-24-18;/h2-11H,1H3;1H. The van der Waals surface area contributed by atoms with E-state index in [1.165, 1.54) is 0 Å². The third-order valence-electron chi connectivity index (χ3n) is 4.09. The fraction of sp³-hybridized carbons (Fsp3) is 0.0500. The molecule has 0 radical (unpaired) electrons. The first-order chi connectivity index (χ1) is 11.6. The van der Waals surface area contributed by atoms with Gasteiger partial charge in [-0.2, -0.15) is 0 Å². The van der Waals surface area contributed by atoms with Crippen LogP contribution in [0.15, 0.2) is 60.0 Å². The molecule has 0 fully saturated rings. The lowest BCUT2D eigenvalue weighted by Gasteiger charge is -2.15. The van der Waals surface area contributed by atoms with Gasteiger partial charge in [0.2, 0.25) is 0 Å². The Kier molecular flexibility index (Phi) is 5.35. The molecule has 0 spiro atoms. The fourth-order valence-corrected chi connectivity index (χ4v) is 4.17. The maximum Gasteiger partial charge on any atom is 0.0844 e. The number of rotatable bonds is 2. The smallest absolute Gasteiger partial charge is 0.0844 e. The van der Waals surface area contributed by atoms with E-state index in [0.717, 1.165) is 43.2 Å². The number of benzene rings is 2. The van der Waals surface area contributed by atoms with Gasteiger partial charge in [-0.3, -0.25) is 0 Å². The van der Waals surface area contributed by atoms with E-state index in [1.54, 1.807) is 11.3 Å². The number of halogens is 3. The van der Waals surface area contributed by atoms with Gasteiger partial charge in [0.25, 0.3) is 0 Å². The summed E-state index contributed by atoms with van der Waals surface area (Å²) in [5, 5.41) is 4.51. The summed E-state index contributed by atoms with van der Waals surface area (Å²) < 4.78 is 0. The summed E-state index contributed by atoms with van der Waals surface area (Å²) in [4.78, 5) is 6.03. The Balaban J connectivity index is 0.00000182. The van der Waals surface area contributed by atoms with Gasteiger partial charge in [0, 0.05) is 21.0 Å². The highest BCUT2D eigenvalue weighted by Gasteiger charge is 2.17. The van der Waals surface area contributed by atoms with Crippen LogP contribution < -0.4 is 0 Å². The molecule has 0 aliphatic carbocycles. The first-order valence-corrected chi connectivity index (χ1v) is 9.17. The summed E-state index contributed by atoms with van der Waals surface area (Å²) in [6.07, 6.45) is 0. The van der Waals surface area contributed by atoms with Crippen LogP contribution in [-0.2, 0) is 0 Å². The quantitative estimate of drug-likeness (QED) is 0.333. The van der Waals surface area contributed by atoms with Crippen molar-refractivity contribution in [2.75, 3.05) is 0 Å². The van der Waals surface area contributed by atoms with E-state index in [0.29, 0.717) is 5.02 Å². The van der Waals surface area contributed by atoms with Gasteiger partial charge in [0.05, 0.1) is 16.1 Å². The second-order valence-electron chi connectivity index (χ2n) is 5.58. The Morgan fingerprint density at radius 2 is 1.76 bits per heavy atom. The Labute approximate surface area is 166 Å². The summed E-state index contributed by atoms with van der Waals surface area (Å²) >= 11 is 14.4. The van der Waals surface area contributed by atoms with Crippen molar-refractivity contribution in [3.05, 3.63) is 75.6 Å². The molecule has 0 unspecified atom stereocenters. The van der Waals surface area contributed by atoms with Crippen LogP contribution in [0.2, 0.25) is 10.0 Å². The fourth-order valence-electron chi connectivity index (χ4n) is 2.99. The molecule has 0 amide bonds. The Morgan fingerprint density at radius 3 is 2.48 bits per heavy atom. The van der Waals surface area contributed by atoms with Crippen molar-refractivity contribution in [3.8, 4) is 21.7 Å². The summed E-state index contributed by atoms with van der Waals surface area (Å²) in [7, 11) is 0. The lowest BCUT2D eigenvalue weighted by atomic mass is 9.94. The third kappa shape index (κ3) is 3.28. The van der Waals surface area contributed by atoms with Gasteiger partial charge >= 0.3 is 0 Å². The van der Waals surface area contributed by atoms with Crippen LogP contribution in [0.4, 0.5) is 0 Å². The van der Waals surface area contributed by atoms with Crippen molar-refractivity contribution < 1.29 is 0 Å². The van der Waals surface area contributed by atoms with Crippen LogP contribution in [0, 0.1) is 6.92 Å². The van der Waals surface area contributed by atoms with Crippen molar-refractivity contribution in [1.29, 1.82) is 0 Å². The lowest BCUT2D eigenvalue weighted by molar-refractivity contribution is 1.34. The molecule has 0 saturated carbocycles. The minimum absolute atomic E-state index is 0. The average Bonchev–Trinajstić information content (AvgIpc) is 3.10. The van der Waals surface area contributed by atoms with E-state index in [9.17, 15) is 0 Å². The molecule has 25 heavy (non-hydrogen) atoms. The van der Waals surface area contributed by atoms with Crippen molar-refractivity contribution in [3.63, 3.8) is 0 Å². The average molecular weight is 407 g/mol. The molecular formula is C20H14Cl3NS. The van der Waals surface area contributed by atoms with Gasteiger partial charge in [-0.15, -0.1) is 23.7 Å². The Morgan fingerprint density at radius 1 is 0.960 bits per heavy atom. The van der Waals surface area contributed by atoms with Gasteiger partial charge in [-0.05, 0) is 53.8 Å². The molecular weight excluding hydrogens is 393 g/mol. The molecule has 0 aliphatic heterocycles. The van der Waals surface area contributed by atoms with Gasteiger partial charge in [0.1, 0.15) is 0 Å². The van der Waals surface area contributed by atoms with Crippen LogP contribution in [0.25, 0.3) is 32.6 Å². The number of pyridine rings is 1. The normalized spacial score (nSPS) is 10.7. The summed E-state index contributed by atoms with van der Waals surface area (Å²) in [6.45, 7) is 2.10. The molecule has 0 atom stereocenters. The molecule has 5 heteroatoms. The number of thiophene rings is 1. The molecule has 2 aromatic carbocycles. The molecule has 2 aromatic heterocycles. The number of aromatic nitrogens is 1. The highest BCUT2D eigenvalue weighted by molar-refractivity contribution is 7.13. The first-order valence-electron chi connectivity index (χ1n) is 7.54. The van der Waals surface area contributed by atoms with Crippen LogP contribution >= 0.6 is 46.9 Å². The van der Waals surface area contributed by atoms with Crippen molar-refractivity contribution in [2.24, 2.45) is 0 Å². The summed E-state index contributed by atoms with van der Waals surface area (Å²) in [6, 6.07) is 17.9. The van der Waals surface area contributed by atoms with E-state index < -0.39 is 0 Å². The predicted octanol–water partition coefficient (Wildman–Crippen LogP) is 7.67. The van der Waals surface area contributed by atoms with E-state index in [1.807, 2.05) is 48.5 Å². The summed E-state index contributed by atoms with van der Waals surface area (Å²) in [5.41, 5.74) is 5.12. The highest BCUT2D eigenvalue weighted by atomic mass is 35.5. The number of fused-ring (bicyclic) bond motifs is 1. The zero-order chi connectivity index (χ0) is 16.7. The molecule has 4 aromatic rings. The molecule has 0 N–H and O–H groups in total. The minimum atomic E-state index is 0. The maximum atomic E-state index is 6.50. The zero-order valence-corrected chi connectivity index (χ0v) is 16.4. The van der Waals surface area contributed by atoms with Crippen molar-refractivity contribution >= 4 is 57.8 Å². The van der Waals surface area contributed by atoms with Gasteiger partial charge in [0.15, 0.2) is 0 Å². The van der Waals surface area contributed by atoms with E-state index >= 15 is 0 Å². The minimum Gasteiger partial charge on any atom is -0.247 e. The van der Waals surface area contributed by atoms with Crippen LogP contribution in [0.3, 0.4) is 0 Å². The zero-order valence-electron chi connectivity index (χ0n) is 13.3. The molecule has 1 nitrogen and oxygen atoms in total. The van der Waals surface area contributed by atoms with E-state index in [-0.39, 0.29) is 12.4 Å². The lowest BCUT2D eigenvalue weighted by Crippen LogP contribution is -1.95. The second kappa shape index (κ2) is 7.35. The van der Waals surface area contributed by atoms with E-state index in [4.69, 9.17) is 28.2 Å². The molecule has 0 aliphatic rings. The number of hydrogen-bond acceptors (Lipinski definition) is 2. The molecule has 4 rings (SSSR count). The SMILES string of the molecule is Cc1c(-c2cccs2)nc2ccc(Cl)cc2c1-c1ccccc1Cl.Cl. The maximum absolute atomic E-state index is 6.50. The summed E-state index contributed by atoms with van der Waals surface area (Å²) in [5.74, 6) is 0. The highest BCUT2D eigenvalue weighted by Crippen LogP contribution is 2.40. The number of hydrogen-bond donors (Lipinski definition) is 0. The van der Waals surface area contributed by atoms with Crippen molar-refractivity contribution in [2.45, 2.75) is 6.92 Å². The van der Waals surface area contributed by atoms with Crippen LogP contribution in [0.5, 0.6) is 0 Å². The largest absolute Gasteiger partial charge is 0.247 e. The van der Waals surface area contributed by atoms with Crippen molar-refractivity contribution in [1.82, 2.24) is 4.98 Å². The van der Waals surface area contributed by atoms with Crippen LogP contribution in [-0.4, -0.2) is 4.98 Å². The van der Waals surface area contributed by atoms with Gasteiger partial charge < -0.3 is 0 Å². The Hall–Kier alpha value is -1.58. The van der Waals surface area contributed by atoms with Gasteiger partial charge in [-0.25, -0.2) is 4.98 Å². The predicted molar refractivity (Wildman–Crippen MR) is 112 cm³/mol. The van der Waals surface area contributed by atoms with E-state index in [2.05, 4.69) is 18.4 Å².